The van der Waals surface area contributed by atoms with Gasteiger partial charge in [0.2, 0.25) is 0 Å². The Morgan fingerprint density at radius 3 is 2.60 bits per heavy atom. The molecule has 5 heavy (non-hydrogen) atoms. The molecule has 0 saturated heterocycles. The van der Waals surface area contributed by atoms with Crippen LogP contribution in [0, 0.1) is 0 Å². The standard InChI is InChI=1S/CH5O2PS/c1-3-5-4-2/h2,4H,1H3. The molecular formula is CH5O2PS. The van der Waals surface area contributed by atoms with Crippen molar-refractivity contribution in [2.45, 2.75) is 0 Å². The highest BCUT2D eigenvalue weighted by Gasteiger charge is 1.68. The van der Waals surface area contributed by atoms with Crippen molar-refractivity contribution in [1.82, 2.24) is 0 Å². The van der Waals surface area contributed by atoms with Gasteiger partial charge in [-0.05, 0) is 0 Å². The van der Waals surface area contributed by atoms with Gasteiger partial charge in [0.25, 0.3) is 0 Å². The zero-order valence-electron chi connectivity index (χ0n) is 2.76. The van der Waals surface area contributed by atoms with Crippen molar-refractivity contribution in [3.8, 4) is 0 Å². The van der Waals surface area contributed by atoms with E-state index < -0.39 is 0 Å². The Balaban J connectivity index is 2.19. The lowest BCUT2D eigenvalue weighted by atomic mass is 11.8. The normalized spacial score (nSPS) is 10.8. The van der Waals surface area contributed by atoms with E-state index in [1.54, 1.807) is 0 Å². The summed E-state index contributed by atoms with van der Waals surface area (Å²) in [6.07, 6.45) is 0. The molecule has 0 radical (unpaired) electrons. The summed E-state index contributed by atoms with van der Waals surface area (Å²) in [5.41, 5.74) is 0. The first-order valence-corrected chi connectivity index (χ1v) is 3.42. The fraction of sp³-hybridized carbons (Fsp3) is 1.00. The lowest BCUT2D eigenvalue weighted by Crippen LogP contribution is -1.50. The summed E-state index contributed by atoms with van der Waals surface area (Å²) in [5, 5.41) is 0. The molecule has 0 fully saturated rings. The van der Waals surface area contributed by atoms with E-state index in [9.17, 15) is 0 Å². The molecule has 0 amide bonds. The summed E-state index contributed by atoms with van der Waals surface area (Å²) >= 11 is 1.05. The predicted octanol–water partition coefficient (Wildman–Crippen LogP) is 0.782. The lowest BCUT2D eigenvalue weighted by molar-refractivity contribution is 0.495. The van der Waals surface area contributed by atoms with Gasteiger partial charge in [-0.2, -0.15) is 0 Å². The zero-order chi connectivity index (χ0) is 4.12. The van der Waals surface area contributed by atoms with Crippen LogP contribution in [0.2, 0.25) is 0 Å². The van der Waals surface area contributed by atoms with E-state index in [4.69, 9.17) is 4.89 Å². The molecule has 0 bridgehead atoms. The molecule has 0 heterocycles. The second-order valence-electron chi connectivity index (χ2n) is 0.341. The summed E-state index contributed by atoms with van der Waals surface area (Å²) in [4.78, 5) is 7.93. The number of rotatable bonds is 2. The van der Waals surface area contributed by atoms with Crippen molar-refractivity contribution in [3.63, 3.8) is 0 Å². The van der Waals surface area contributed by atoms with Crippen molar-refractivity contribution in [2.75, 3.05) is 7.11 Å². The maximum absolute atomic E-state index is 7.93. The van der Waals surface area contributed by atoms with Gasteiger partial charge in [0.15, 0.2) is 0 Å². The van der Waals surface area contributed by atoms with Gasteiger partial charge < -0.3 is 9.08 Å². The first-order valence-electron chi connectivity index (χ1n) is 1.00. The largest absolute Gasteiger partial charge is 0.364 e. The average Bonchev–Trinajstić information content (AvgIpc) is 1.41. The molecule has 2 nitrogen and oxygen atoms in total. The predicted molar refractivity (Wildman–Crippen MR) is 25.1 cm³/mol. The van der Waals surface area contributed by atoms with Gasteiger partial charge in [-0.3, -0.25) is 0 Å². The van der Waals surface area contributed by atoms with Gasteiger partial charge in [0, 0.05) is 11.7 Å². The Morgan fingerprint density at radius 1 is 2.00 bits per heavy atom. The third-order valence-electron chi connectivity index (χ3n) is 0.121. The van der Waals surface area contributed by atoms with E-state index in [1.165, 1.54) is 7.11 Å². The van der Waals surface area contributed by atoms with E-state index in [2.05, 4.69) is 4.18 Å². The molecule has 0 aromatic heterocycles. The van der Waals surface area contributed by atoms with E-state index in [1.807, 2.05) is 0 Å². The van der Waals surface area contributed by atoms with Gasteiger partial charge in [-0.1, -0.05) is 0 Å². The molecule has 1 N–H and O–H groups in total. The highest BCUT2D eigenvalue weighted by Crippen LogP contribution is 2.22. The Hall–Kier alpha value is 0.700. The summed E-state index contributed by atoms with van der Waals surface area (Å²) < 4.78 is 4.37. The van der Waals surface area contributed by atoms with Crippen LogP contribution in [0.1, 0.15) is 0 Å². The monoisotopic (exact) mass is 112 g/mol. The first-order chi connectivity index (χ1) is 2.41. The molecule has 0 aromatic rings. The van der Waals surface area contributed by atoms with Crippen molar-refractivity contribution in [2.24, 2.45) is 0 Å². The molecule has 0 aliphatic rings. The molecule has 0 rings (SSSR count). The molecule has 32 valence electrons. The highest BCUT2D eigenvalue weighted by atomic mass is 32.7. The van der Waals surface area contributed by atoms with Crippen molar-refractivity contribution < 1.29 is 9.08 Å². The van der Waals surface area contributed by atoms with Crippen LogP contribution in [-0.2, 0) is 4.18 Å². The van der Waals surface area contributed by atoms with Crippen molar-refractivity contribution in [1.29, 1.82) is 0 Å². The fourth-order valence-corrected chi connectivity index (χ4v) is 0.335. The molecule has 1 atom stereocenters. The topological polar surface area (TPSA) is 29.5 Å². The van der Waals surface area contributed by atoms with E-state index in [0.717, 1.165) is 11.7 Å². The molecular weight excluding hydrogens is 107 g/mol. The van der Waals surface area contributed by atoms with Crippen molar-refractivity contribution >= 4 is 19.7 Å². The Labute approximate surface area is 36.7 Å². The number of hydrogen-bond donors (Lipinski definition) is 1. The second-order valence-corrected chi connectivity index (χ2v) is 2.07. The van der Waals surface area contributed by atoms with E-state index in [0.29, 0.717) is 0 Å². The fourth-order valence-electron chi connectivity index (χ4n) is 0.0373. The molecule has 0 aliphatic carbocycles. The second kappa shape index (κ2) is 4.70. The Morgan fingerprint density at radius 2 is 2.60 bits per heavy atom. The summed E-state index contributed by atoms with van der Waals surface area (Å²) in [6.45, 7) is 0. The molecule has 4 heteroatoms. The average molecular weight is 112 g/mol. The lowest BCUT2D eigenvalue weighted by Gasteiger charge is -1.81. The minimum atomic E-state index is -0.148. The molecule has 1 unspecified atom stereocenters. The van der Waals surface area contributed by atoms with Crippen LogP contribution in [0.25, 0.3) is 0 Å². The maximum Gasteiger partial charge on any atom is 0.0999 e. The van der Waals surface area contributed by atoms with Gasteiger partial charge >= 0.3 is 0 Å². The van der Waals surface area contributed by atoms with Crippen LogP contribution in [0.3, 0.4) is 0 Å². The van der Waals surface area contributed by atoms with E-state index >= 15 is 0 Å². The Kier molecular flexibility index (Phi) is 5.36. The summed E-state index contributed by atoms with van der Waals surface area (Å²) in [7, 11) is 1.37. The van der Waals surface area contributed by atoms with Crippen LogP contribution in [0.5, 0.6) is 0 Å². The molecule has 0 aromatic carbocycles. The van der Waals surface area contributed by atoms with Crippen LogP contribution < -0.4 is 0 Å². The summed E-state index contributed by atoms with van der Waals surface area (Å²) in [6, 6.07) is 0. The minimum absolute atomic E-state index is 0.148. The van der Waals surface area contributed by atoms with E-state index in [-0.39, 0.29) is 8.01 Å². The first kappa shape index (κ1) is 5.70. The molecule has 0 spiro atoms. The number of hydrogen-bond acceptors (Lipinski definition) is 3. The van der Waals surface area contributed by atoms with Gasteiger partial charge in [0.1, 0.15) is 0 Å². The summed E-state index contributed by atoms with van der Waals surface area (Å²) in [5.74, 6) is 0. The Bertz CT molecular complexity index is 17.1. The highest BCUT2D eigenvalue weighted by molar-refractivity contribution is 8.45. The van der Waals surface area contributed by atoms with Crippen LogP contribution >= 0.6 is 19.7 Å². The van der Waals surface area contributed by atoms with Crippen LogP contribution in [0.4, 0.5) is 0 Å². The third-order valence-corrected chi connectivity index (χ3v) is 1.09. The minimum Gasteiger partial charge on any atom is -0.364 e. The SMILES string of the molecule is COSPO. The smallest absolute Gasteiger partial charge is 0.0999 e. The van der Waals surface area contributed by atoms with Gasteiger partial charge in [0.05, 0.1) is 15.1 Å². The van der Waals surface area contributed by atoms with Crippen molar-refractivity contribution in [3.05, 3.63) is 0 Å². The zero-order valence-corrected chi connectivity index (χ0v) is 4.58. The molecule has 0 aliphatic heterocycles. The van der Waals surface area contributed by atoms with Gasteiger partial charge in [-0.25, -0.2) is 0 Å². The van der Waals surface area contributed by atoms with Gasteiger partial charge in [-0.15, -0.1) is 0 Å². The maximum atomic E-state index is 7.93. The van der Waals surface area contributed by atoms with Crippen LogP contribution in [0.15, 0.2) is 0 Å². The molecule has 0 saturated carbocycles. The quantitative estimate of drug-likeness (QED) is 0.423. The van der Waals surface area contributed by atoms with Crippen LogP contribution in [-0.4, -0.2) is 12.0 Å². The third kappa shape index (κ3) is 4.70.